The summed E-state index contributed by atoms with van der Waals surface area (Å²) in [6.07, 6.45) is 1.15. The van der Waals surface area contributed by atoms with Crippen LogP contribution in [0.4, 0.5) is 22.7 Å². The van der Waals surface area contributed by atoms with Gasteiger partial charge in [0.25, 0.3) is 11.8 Å². The molecule has 0 aliphatic heterocycles. The van der Waals surface area contributed by atoms with Gasteiger partial charge in [0, 0.05) is 42.6 Å². The number of aryl methyl sites for hydroxylation is 1. The Balaban J connectivity index is 2.52. The Morgan fingerprint density at radius 2 is 1.67 bits per heavy atom. The first-order valence-electron chi connectivity index (χ1n) is 13.3. The number of benzene rings is 2. The summed E-state index contributed by atoms with van der Waals surface area (Å²) in [7, 11) is -3.48. The molecule has 1 unspecified atom stereocenters. The van der Waals surface area contributed by atoms with Crippen molar-refractivity contribution in [3.05, 3.63) is 47.0 Å². The lowest BCUT2D eigenvalue weighted by Crippen LogP contribution is -2.45. The standard InChI is InChI=1S/C29H38ClN5O6S/c1-8-23(36)27(38)32-18-10-12-20(30)22(15-18)34-28(39)25(26(37)29(4,5)6)33-21-13-11-19(14-17(21)3)35(9-2)24(16-31)42(7,40)41/h10-15,24H,8-9,16,31H2,1-7H3,(H,32,38)(H,34,39). The number of nitrogens with two attached hydrogens (primary N) is 1. The second-order valence-electron chi connectivity index (χ2n) is 10.7. The molecule has 1 atom stereocenters. The number of hydrogen-bond acceptors (Lipinski definition) is 9. The average molecular weight is 620 g/mol. The van der Waals surface area contributed by atoms with Crippen LogP contribution in [0.3, 0.4) is 0 Å². The highest BCUT2D eigenvalue weighted by molar-refractivity contribution is 7.91. The van der Waals surface area contributed by atoms with Gasteiger partial charge in [-0.1, -0.05) is 39.3 Å². The predicted octanol–water partition coefficient (Wildman–Crippen LogP) is 4.05. The first-order valence-corrected chi connectivity index (χ1v) is 15.6. The highest BCUT2D eigenvalue weighted by Crippen LogP contribution is 2.29. The Hall–Kier alpha value is -3.61. The van der Waals surface area contributed by atoms with Gasteiger partial charge in [-0.25, -0.2) is 13.4 Å². The van der Waals surface area contributed by atoms with Gasteiger partial charge in [0.05, 0.1) is 16.4 Å². The van der Waals surface area contributed by atoms with Gasteiger partial charge in [0.1, 0.15) is 5.37 Å². The summed E-state index contributed by atoms with van der Waals surface area (Å²) in [6.45, 7) is 10.3. The minimum absolute atomic E-state index is 0.0277. The smallest absolute Gasteiger partial charge is 0.291 e. The van der Waals surface area contributed by atoms with Gasteiger partial charge in [0.15, 0.2) is 21.3 Å². The predicted molar refractivity (Wildman–Crippen MR) is 167 cm³/mol. The molecule has 0 spiro atoms. The fourth-order valence-electron chi connectivity index (χ4n) is 3.95. The molecule has 0 aliphatic rings. The molecule has 0 saturated carbocycles. The molecule has 2 rings (SSSR count). The molecule has 0 fully saturated rings. The molecule has 0 radical (unpaired) electrons. The molecule has 0 aliphatic carbocycles. The summed E-state index contributed by atoms with van der Waals surface area (Å²) in [6, 6.07) is 9.24. The van der Waals surface area contributed by atoms with Gasteiger partial charge in [0.2, 0.25) is 5.78 Å². The largest absolute Gasteiger partial charge is 0.354 e. The first-order chi connectivity index (χ1) is 19.4. The van der Waals surface area contributed by atoms with Crippen LogP contribution in [0.1, 0.15) is 46.6 Å². The number of amides is 2. The van der Waals surface area contributed by atoms with E-state index in [2.05, 4.69) is 15.6 Å². The molecule has 4 N–H and O–H groups in total. The second-order valence-corrected chi connectivity index (χ2v) is 13.3. The Morgan fingerprint density at radius 1 is 1.02 bits per heavy atom. The normalized spacial score (nSPS) is 12.8. The van der Waals surface area contributed by atoms with E-state index in [1.165, 1.54) is 18.2 Å². The minimum Gasteiger partial charge on any atom is -0.354 e. The van der Waals surface area contributed by atoms with Gasteiger partial charge in [-0.05, 0) is 55.8 Å². The number of Topliss-reactive ketones (excluding diaryl/α,β-unsaturated/α-hetero) is 2. The summed E-state index contributed by atoms with van der Waals surface area (Å²) < 4.78 is 24.6. The quantitative estimate of drug-likeness (QED) is 0.182. The molecule has 2 aromatic rings. The number of halogens is 1. The second kappa shape index (κ2) is 14.0. The summed E-state index contributed by atoms with van der Waals surface area (Å²) in [5.74, 6) is -2.78. The zero-order valence-electron chi connectivity index (χ0n) is 24.9. The topological polar surface area (TPSA) is 168 Å². The maximum atomic E-state index is 13.5. The maximum absolute atomic E-state index is 13.5. The number of rotatable bonds is 12. The monoisotopic (exact) mass is 619 g/mol. The minimum atomic E-state index is -3.48. The number of hydrogen-bond donors (Lipinski definition) is 3. The van der Waals surface area contributed by atoms with Crippen LogP contribution in [-0.2, 0) is 29.0 Å². The van der Waals surface area contributed by atoms with Gasteiger partial charge in [-0.3, -0.25) is 19.2 Å². The number of anilines is 3. The summed E-state index contributed by atoms with van der Waals surface area (Å²) in [5.41, 5.74) is 6.25. The lowest BCUT2D eigenvalue weighted by Gasteiger charge is -2.31. The van der Waals surface area contributed by atoms with Crippen LogP contribution in [0.2, 0.25) is 5.02 Å². The molecule has 0 aromatic heterocycles. The number of sulfone groups is 1. The van der Waals surface area contributed by atoms with Crippen molar-refractivity contribution in [1.29, 1.82) is 0 Å². The van der Waals surface area contributed by atoms with E-state index in [1.54, 1.807) is 57.7 Å². The molecule has 0 heterocycles. The molecule has 42 heavy (non-hydrogen) atoms. The van der Waals surface area contributed by atoms with Gasteiger partial charge < -0.3 is 21.3 Å². The van der Waals surface area contributed by atoms with E-state index in [1.807, 2.05) is 6.92 Å². The molecule has 228 valence electrons. The van der Waals surface area contributed by atoms with Crippen LogP contribution in [0.25, 0.3) is 0 Å². The lowest BCUT2D eigenvalue weighted by molar-refractivity contribution is -0.134. The number of carbonyl (C=O) groups is 4. The van der Waals surface area contributed by atoms with Gasteiger partial charge in [-0.2, -0.15) is 0 Å². The summed E-state index contributed by atoms with van der Waals surface area (Å²) in [5, 5.41) is 4.25. The SMILES string of the molecule is CCC(=O)C(=O)Nc1ccc(Cl)c(NC(=O)C(=Nc2ccc(N(CC)C(CN)S(C)(=O)=O)cc2C)C(=O)C(C)(C)C)c1. The Bertz CT molecular complexity index is 1510. The third-order valence-corrected chi connectivity index (χ3v) is 8.05. The van der Waals surface area contributed by atoms with E-state index in [0.717, 1.165) is 6.26 Å². The third kappa shape index (κ3) is 8.70. The number of aliphatic imine (C=N–C) groups is 1. The van der Waals surface area contributed by atoms with Crippen molar-refractivity contribution in [2.45, 2.75) is 53.3 Å². The van der Waals surface area contributed by atoms with E-state index < -0.39 is 44.0 Å². The fourth-order valence-corrected chi connectivity index (χ4v) is 5.20. The molecule has 0 bridgehead atoms. The molecule has 2 aromatic carbocycles. The lowest BCUT2D eigenvalue weighted by atomic mass is 9.87. The Labute approximate surface area is 251 Å². The van der Waals surface area contributed by atoms with Crippen LogP contribution in [0.15, 0.2) is 41.4 Å². The zero-order valence-corrected chi connectivity index (χ0v) is 26.4. The molecule has 2 amide bonds. The molecule has 0 saturated heterocycles. The molecule has 13 heteroatoms. The van der Waals surface area contributed by atoms with Crippen molar-refractivity contribution in [2.75, 3.05) is 34.9 Å². The molecular weight excluding hydrogens is 582 g/mol. The van der Waals surface area contributed by atoms with E-state index in [9.17, 15) is 27.6 Å². The van der Waals surface area contributed by atoms with Crippen LogP contribution in [0, 0.1) is 12.3 Å². The maximum Gasteiger partial charge on any atom is 0.291 e. The first kappa shape index (κ1) is 34.6. The van der Waals surface area contributed by atoms with Gasteiger partial charge >= 0.3 is 0 Å². The number of nitrogens with zero attached hydrogens (tertiary/aromatic N) is 2. The van der Waals surface area contributed by atoms with Crippen molar-refractivity contribution >= 4 is 73.3 Å². The van der Waals surface area contributed by atoms with Crippen molar-refractivity contribution in [3.8, 4) is 0 Å². The van der Waals surface area contributed by atoms with Crippen molar-refractivity contribution in [3.63, 3.8) is 0 Å². The van der Waals surface area contributed by atoms with Crippen molar-refractivity contribution in [1.82, 2.24) is 0 Å². The highest BCUT2D eigenvalue weighted by Gasteiger charge is 2.32. The van der Waals surface area contributed by atoms with Crippen LogP contribution in [-0.4, -0.2) is 62.2 Å². The number of ketones is 2. The van der Waals surface area contributed by atoms with Crippen LogP contribution in [0.5, 0.6) is 0 Å². The van der Waals surface area contributed by atoms with Crippen LogP contribution >= 0.6 is 11.6 Å². The number of carbonyl (C=O) groups excluding carboxylic acids is 4. The Kier molecular flexibility index (Phi) is 11.6. The summed E-state index contributed by atoms with van der Waals surface area (Å²) in [4.78, 5) is 56.6. The van der Waals surface area contributed by atoms with Crippen molar-refractivity contribution in [2.24, 2.45) is 16.1 Å². The zero-order chi connectivity index (χ0) is 32.0. The molecular formula is C29H38ClN5O6S. The third-order valence-electron chi connectivity index (χ3n) is 6.29. The number of nitrogens with one attached hydrogen (secondary N) is 2. The highest BCUT2D eigenvalue weighted by atomic mass is 35.5. The van der Waals surface area contributed by atoms with E-state index in [-0.39, 0.29) is 35.1 Å². The van der Waals surface area contributed by atoms with E-state index in [4.69, 9.17) is 17.3 Å². The van der Waals surface area contributed by atoms with Crippen LogP contribution < -0.4 is 21.3 Å². The van der Waals surface area contributed by atoms with E-state index >= 15 is 0 Å². The fraction of sp³-hybridized carbons (Fsp3) is 0.414. The van der Waals surface area contributed by atoms with Crippen molar-refractivity contribution < 1.29 is 27.6 Å². The van der Waals surface area contributed by atoms with E-state index in [0.29, 0.717) is 23.5 Å². The average Bonchev–Trinajstić information content (AvgIpc) is 2.90. The molecule has 11 nitrogen and oxygen atoms in total. The summed E-state index contributed by atoms with van der Waals surface area (Å²) >= 11 is 6.28. The van der Waals surface area contributed by atoms with Gasteiger partial charge in [-0.15, -0.1) is 0 Å². The Morgan fingerprint density at radius 3 is 2.17 bits per heavy atom. The number of likely N-dealkylation sites (N-methyl/N-ethyl adjacent to an activating group) is 1.